The van der Waals surface area contributed by atoms with Crippen LogP contribution in [0.1, 0.15) is 31.2 Å². The quantitative estimate of drug-likeness (QED) is 0.423. The number of methoxy groups -OCH3 is 1. The van der Waals surface area contributed by atoms with Crippen molar-refractivity contribution in [2.45, 2.75) is 32.3 Å². The van der Waals surface area contributed by atoms with E-state index in [0.717, 1.165) is 51.8 Å². The summed E-state index contributed by atoms with van der Waals surface area (Å²) in [4.78, 5) is 12.7. The smallest absolute Gasteiger partial charge is 0.227 e. The number of ether oxygens (including phenoxy) is 2. The Labute approximate surface area is 188 Å². The number of rotatable bonds is 7. The van der Waals surface area contributed by atoms with Crippen molar-refractivity contribution in [3.8, 4) is 5.75 Å². The third kappa shape index (κ3) is 5.94. The molecule has 1 fully saturated rings. The van der Waals surface area contributed by atoms with Gasteiger partial charge in [0.25, 0.3) is 0 Å². The molecule has 1 N–H and O–H groups in total. The Morgan fingerprint density at radius 1 is 1.18 bits per heavy atom. The highest BCUT2D eigenvalue weighted by atomic mass is 127. The van der Waals surface area contributed by atoms with Gasteiger partial charge in [0.05, 0.1) is 23.9 Å². The summed E-state index contributed by atoms with van der Waals surface area (Å²) in [7, 11) is 1.62. The van der Waals surface area contributed by atoms with E-state index in [-0.39, 0.29) is 11.8 Å². The van der Waals surface area contributed by atoms with Crippen molar-refractivity contribution in [1.82, 2.24) is 0 Å². The number of halogens is 2. The first kappa shape index (κ1) is 21.6. The Morgan fingerprint density at radius 3 is 2.57 bits per heavy atom. The minimum Gasteiger partial charge on any atom is -0.495 e. The van der Waals surface area contributed by atoms with Gasteiger partial charge in [0.1, 0.15) is 5.75 Å². The van der Waals surface area contributed by atoms with Gasteiger partial charge < -0.3 is 14.8 Å². The lowest BCUT2D eigenvalue weighted by Gasteiger charge is -2.27. The molecule has 0 bridgehead atoms. The maximum absolute atomic E-state index is 12.7. The number of carbonyl (C=O) groups excluding carboxylic acids is 1. The lowest BCUT2D eigenvalue weighted by Crippen LogP contribution is -2.28. The Bertz CT molecular complexity index is 792. The molecule has 0 atom stereocenters. The highest BCUT2D eigenvalue weighted by Gasteiger charge is 2.27. The van der Waals surface area contributed by atoms with Crippen LogP contribution in [0.5, 0.6) is 5.75 Å². The molecule has 3 rings (SSSR count). The van der Waals surface area contributed by atoms with Gasteiger partial charge in [-0.1, -0.05) is 30.3 Å². The van der Waals surface area contributed by atoms with E-state index >= 15 is 0 Å². The highest BCUT2D eigenvalue weighted by molar-refractivity contribution is 14.1. The largest absolute Gasteiger partial charge is 0.495 e. The molecule has 0 radical (unpaired) electrons. The summed E-state index contributed by atoms with van der Waals surface area (Å²) in [5, 5.41) is 3.08. The normalized spacial score (nSPS) is 19.2. The number of benzene rings is 2. The van der Waals surface area contributed by atoms with E-state index < -0.39 is 0 Å². The zero-order valence-electron chi connectivity index (χ0n) is 15.9. The molecular formula is C22H25BrINO3. The van der Waals surface area contributed by atoms with Crippen LogP contribution in [-0.2, 0) is 16.1 Å². The predicted octanol–water partition coefficient (Wildman–Crippen LogP) is 6.02. The van der Waals surface area contributed by atoms with E-state index in [1.807, 2.05) is 30.3 Å². The van der Waals surface area contributed by atoms with Crippen LogP contribution < -0.4 is 10.1 Å². The molecule has 0 aromatic heterocycles. The molecule has 1 aliphatic rings. The molecule has 4 nitrogen and oxygen atoms in total. The Kier molecular flexibility index (Phi) is 8.17. The van der Waals surface area contributed by atoms with Crippen molar-refractivity contribution < 1.29 is 14.3 Å². The van der Waals surface area contributed by atoms with Crippen molar-refractivity contribution in [3.63, 3.8) is 0 Å². The molecule has 0 heterocycles. The molecule has 0 saturated heterocycles. The molecule has 0 spiro atoms. The topological polar surface area (TPSA) is 47.6 Å². The van der Waals surface area contributed by atoms with Gasteiger partial charge in [-0.2, -0.15) is 0 Å². The third-order valence-electron chi connectivity index (χ3n) is 5.18. The van der Waals surface area contributed by atoms with Crippen molar-refractivity contribution in [3.05, 3.63) is 56.1 Å². The molecule has 2 aromatic carbocycles. The van der Waals surface area contributed by atoms with E-state index in [4.69, 9.17) is 9.47 Å². The van der Waals surface area contributed by atoms with Gasteiger partial charge in [-0.15, -0.1) is 0 Å². The maximum Gasteiger partial charge on any atom is 0.227 e. The summed E-state index contributed by atoms with van der Waals surface area (Å²) in [6, 6.07) is 14.1. The maximum atomic E-state index is 12.7. The van der Waals surface area contributed by atoms with Crippen molar-refractivity contribution >= 4 is 50.1 Å². The van der Waals surface area contributed by atoms with Crippen LogP contribution in [0.25, 0.3) is 0 Å². The first-order valence-corrected chi connectivity index (χ1v) is 11.4. The molecule has 1 amide bonds. The minimum atomic E-state index is 0.0656. The van der Waals surface area contributed by atoms with Crippen LogP contribution in [0.4, 0.5) is 5.69 Å². The number of carbonyl (C=O) groups is 1. The fraction of sp³-hybridized carbons (Fsp3) is 0.409. The lowest BCUT2D eigenvalue weighted by molar-refractivity contribution is -0.121. The zero-order chi connectivity index (χ0) is 19.9. The molecular weight excluding hydrogens is 533 g/mol. The van der Waals surface area contributed by atoms with Gasteiger partial charge >= 0.3 is 0 Å². The molecule has 28 heavy (non-hydrogen) atoms. The third-order valence-corrected chi connectivity index (χ3v) is 6.69. The van der Waals surface area contributed by atoms with Crippen LogP contribution in [0.3, 0.4) is 0 Å². The second-order valence-corrected chi connectivity index (χ2v) is 9.19. The summed E-state index contributed by atoms with van der Waals surface area (Å²) < 4.78 is 13.1. The summed E-state index contributed by atoms with van der Waals surface area (Å²) in [6.07, 6.45) is 3.89. The Balaban J connectivity index is 1.45. The van der Waals surface area contributed by atoms with E-state index in [0.29, 0.717) is 12.5 Å². The number of hydrogen-bond acceptors (Lipinski definition) is 3. The Morgan fingerprint density at radius 2 is 1.89 bits per heavy atom. The van der Waals surface area contributed by atoms with E-state index in [1.54, 1.807) is 7.11 Å². The summed E-state index contributed by atoms with van der Waals surface area (Å²) in [6.45, 7) is 1.43. The fourth-order valence-electron chi connectivity index (χ4n) is 3.53. The Hall–Kier alpha value is -1.12. The van der Waals surface area contributed by atoms with Crippen LogP contribution in [0.2, 0.25) is 0 Å². The summed E-state index contributed by atoms with van der Waals surface area (Å²) >= 11 is 5.70. The summed E-state index contributed by atoms with van der Waals surface area (Å²) in [5.74, 6) is 1.43. The lowest BCUT2D eigenvalue weighted by atomic mass is 9.82. The van der Waals surface area contributed by atoms with Crippen molar-refractivity contribution in [2.75, 3.05) is 19.0 Å². The van der Waals surface area contributed by atoms with E-state index in [9.17, 15) is 4.79 Å². The molecule has 2 aromatic rings. The molecule has 1 saturated carbocycles. The van der Waals surface area contributed by atoms with Gasteiger partial charge in [0, 0.05) is 22.2 Å². The number of amides is 1. The zero-order valence-corrected chi connectivity index (χ0v) is 19.7. The minimum absolute atomic E-state index is 0.0656. The predicted molar refractivity (Wildman–Crippen MR) is 124 cm³/mol. The van der Waals surface area contributed by atoms with E-state index in [1.165, 1.54) is 5.56 Å². The SMILES string of the molecule is COc1cc(NC(=O)C2CCC(COCc3ccccc3)CC2)c(I)cc1Br. The van der Waals surface area contributed by atoms with Gasteiger partial charge in [0.15, 0.2) is 0 Å². The fourth-order valence-corrected chi connectivity index (χ4v) is 5.06. The molecule has 6 heteroatoms. The van der Waals surface area contributed by atoms with Gasteiger partial charge in [0.2, 0.25) is 5.91 Å². The molecule has 1 aliphatic carbocycles. The standard InChI is InChI=1S/C22H25BrINO3/c1-27-21-12-20(19(24)11-18(21)23)25-22(26)17-9-7-16(8-10-17)14-28-13-15-5-3-2-4-6-15/h2-6,11-12,16-17H,7-10,13-14H2,1H3,(H,25,26). The second kappa shape index (κ2) is 10.6. The average molecular weight is 558 g/mol. The monoisotopic (exact) mass is 557 g/mol. The summed E-state index contributed by atoms with van der Waals surface area (Å²) in [5.41, 5.74) is 2.01. The highest BCUT2D eigenvalue weighted by Crippen LogP contribution is 2.34. The molecule has 0 unspecified atom stereocenters. The first-order valence-electron chi connectivity index (χ1n) is 9.52. The first-order chi connectivity index (χ1) is 13.6. The van der Waals surface area contributed by atoms with Gasteiger partial charge in [-0.05, 0) is 81.8 Å². The molecule has 0 aliphatic heterocycles. The van der Waals surface area contributed by atoms with Gasteiger partial charge in [-0.3, -0.25) is 4.79 Å². The number of anilines is 1. The van der Waals surface area contributed by atoms with Crippen molar-refractivity contribution in [1.29, 1.82) is 0 Å². The average Bonchev–Trinajstić information content (AvgIpc) is 2.71. The van der Waals surface area contributed by atoms with Crippen LogP contribution in [-0.4, -0.2) is 19.6 Å². The van der Waals surface area contributed by atoms with Crippen LogP contribution >= 0.6 is 38.5 Å². The van der Waals surface area contributed by atoms with E-state index in [2.05, 4.69) is 56.0 Å². The van der Waals surface area contributed by atoms with Crippen LogP contribution in [0, 0.1) is 15.4 Å². The number of hydrogen-bond donors (Lipinski definition) is 1. The second-order valence-electron chi connectivity index (χ2n) is 7.17. The number of nitrogens with one attached hydrogen (secondary N) is 1. The van der Waals surface area contributed by atoms with Crippen LogP contribution in [0.15, 0.2) is 46.9 Å². The molecule has 150 valence electrons. The van der Waals surface area contributed by atoms with Crippen molar-refractivity contribution in [2.24, 2.45) is 11.8 Å². The van der Waals surface area contributed by atoms with Gasteiger partial charge in [-0.25, -0.2) is 0 Å².